The molecule has 0 saturated carbocycles. The Hall–Kier alpha value is -2.73. The molecule has 21 heavy (non-hydrogen) atoms. The predicted molar refractivity (Wildman–Crippen MR) is 78.7 cm³/mol. The first-order chi connectivity index (χ1) is 10.3. The molecular formula is C14H9ClN6. The number of benzene rings is 1. The molecule has 0 amide bonds. The largest absolute Gasteiger partial charge is 0.269 e. The minimum absolute atomic E-state index is 0.245. The summed E-state index contributed by atoms with van der Waals surface area (Å²) in [4.78, 5) is 16.2. The minimum atomic E-state index is 0.245. The third kappa shape index (κ3) is 3.43. The van der Waals surface area contributed by atoms with Gasteiger partial charge in [-0.3, -0.25) is 0 Å². The zero-order chi connectivity index (χ0) is 14.5. The van der Waals surface area contributed by atoms with Crippen LogP contribution in [0.4, 0.5) is 11.9 Å². The molecule has 3 aromatic rings. The van der Waals surface area contributed by atoms with Gasteiger partial charge in [-0.1, -0.05) is 23.7 Å². The average molecular weight is 297 g/mol. The molecule has 2 aromatic heterocycles. The Bertz CT molecular complexity index is 758. The maximum Gasteiger partial charge on any atom is 0.269 e. The highest BCUT2D eigenvalue weighted by atomic mass is 35.5. The fraction of sp³-hybridized carbons (Fsp3) is 0. The molecule has 0 unspecified atom stereocenters. The highest BCUT2D eigenvalue weighted by molar-refractivity contribution is 6.30. The summed E-state index contributed by atoms with van der Waals surface area (Å²) in [6.45, 7) is 0. The maximum atomic E-state index is 5.87. The van der Waals surface area contributed by atoms with Gasteiger partial charge in [0, 0.05) is 29.2 Å². The molecule has 1 aromatic carbocycles. The fourth-order valence-corrected chi connectivity index (χ4v) is 1.74. The van der Waals surface area contributed by atoms with E-state index < -0.39 is 0 Å². The van der Waals surface area contributed by atoms with Crippen LogP contribution >= 0.6 is 11.6 Å². The number of halogens is 1. The van der Waals surface area contributed by atoms with Crippen LogP contribution in [0, 0.1) is 0 Å². The number of nitrogens with zero attached hydrogens (tertiary/aromatic N) is 6. The van der Waals surface area contributed by atoms with Crippen molar-refractivity contribution in [1.82, 2.24) is 19.9 Å². The first kappa shape index (κ1) is 13.3. The van der Waals surface area contributed by atoms with E-state index in [9.17, 15) is 0 Å². The van der Waals surface area contributed by atoms with Gasteiger partial charge < -0.3 is 0 Å². The molecule has 0 aliphatic rings. The van der Waals surface area contributed by atoms with Crippen molar-refractivity contribution in [3.8, 4) is 11.3 Å². The van der Waals surface area contributed by atoms with Gasteiger partial charge in [0.2, 0.25) is 0 Å². The lowest BCUT2D eigenvalue weighted by Gasteiger charge is -2.00. The molecule has 0 spiro atoms. The molecule has 6 nitrogen and oxygen atoms in total. The Kier molecular flexibility index (Phi) is 3.88. The van der Waals surface area contributed by atoms with Gasteiger partial charge in [-0.25, -0.2) is 19.9 Å². The van der Waals surface area contributed by atoms with Crippen molar-refractivity contribution in [2.45, 2.75) is 0 Å². The topological polar surface area (TPSA) is 76.3 Å². The number of hydrogen-bond donors (Lipinski definition) is 0. The summed E-state index contributed by atoms with van der Waals surface area (Å²) >= 11 is 5.87. The van der Waals surface area contributed by atoms with E-state index in [4.69, 9.17) is 11.6 Å². The number of rotatable bonds is 3. The molecule has 0 fully saturated rings. The Morgan fingerprint density at radius 1 is 0.762 bits per heavy atom. The quantitative estimate of drug-likeness (QED) is 0.684. The monoisotopic (exact) mass is 296 g/mol. The highest BCUT2D eigenvalue weighted by Crippen LogP contribution is 2.21. The molecule has 102 valence electrons. The molecule has 0 N–H and O–H groups in total. The predicted octanol–water partition coefficient (Wildman–Crippen LogP) is 4.00. The first-order valence-electron chi connectivity index (χ1n) is 6.09. The Labute approximate surface area is 125 Å². The van der Waals surface area contributed by atoms with E-state index >= 15 is 0 Å². The van der Waals surface area contributed by atoms with Crippen LogP contribution in [0.5, 0.6) is 0 Å². The van der Waals surface area contributed by atoms with E-state index in [2.05, 4.69) is 30.2 Å². The van der Waals surface area contributed by atoms with Gasteiger partial charge >= 0.3 is 0 Å². The normalized spacial score (nSPS) is 10.9. The van der Waals surface area contributed by atoms with Crippen LogP contribution in [0.3, 0.4) is 0 Å². The molecule has 2 heterocycles. The summed E-state index contributed by atoms with van der Waals surface area (Å²) in [6, 6.07) is 10.9. The number of hydrogen-bond acceptors (Lipinski definition) is 6. The third-order valence-corrected chi connectivity index (χ3v) is 2.82. The molecule has 0 saturated heterocycles. The van der Waals surface area contributed by atoms with Gasteiger partial charge in [0.1, 0.15) is 0 Å². The second kappa shape index (κ2) is 6.15. The van der Waals surface area contributed by atoms with E-state index in [1.54, 1.807) is 42.9 Å². The van der Waals surface area contributed by atoms with Gasteiger partial charge in [-0.2, -0.15) is 0 Å². The van der Waals surface area contributed by atoms with Gasteiger partial charge in [0.05, 0.1) is 5.69 Å². The summed E-state index contributed by atoms with van der Waals surface area (Å²) in [6.07, 6.45) is 4.80. The van der Waals surface area contributed by atoms with Crippen molar-refractivity contribution in [2.75, 3.05) is 0 Å². The Balaban J connectivity index is 1.86. The summed E-state index contributed by atoms with van der Waals surface area (Å²) in [5, 5.41) is 8.49. The third-order valence-electron chi connectivity index (χ3n) is 2.56. The van der Waals surface area contributed by atoms with Crippen LogP contribution < -0.4 is 0 Å². The zero-order valence-corrected chi connectivity index (χ0v) is 11.5. The van der Waals surface area contributed by atoms with Crippen molar-refractivity contribution >= 4 is 23.5 Å². The first-order valence-corrected chi connectivity index (χ1v) is 6.47. The van der Waals surface area contributed by atoms with Crippen LogP contribution in [0.1, 0.15) is 0 Å². The van der Waals surface area contributed by atoms with Crippen LogP contribution in [-0.2, 0) is 0 Å². The summed E-state index contributed by atoms with van der Waals surface area (Å²) in [5.74, 6) is 0.507. The van der Waals surface area contributed by atoms with E-state index in [-0.39, 0.29) is 11.9 Å². The van der Waals surface area contributed by atoms with Gasteiger partial charge in [0.15, 0.2) is 0 Å². The van der Waals surface area contributed by atoms with E-state index in [0.29, 0.717) is 5.02 Å². The number of aromatic nitrogens is 4. The second-order valence-electron chi connectivity index (χ2n) is 4.00. The molecule has 0 aliphatic heterocycles. The molecule has 0 atom stereocenters. The van der Waals surface area contributed by atoms with Crippen molar-refractivity contribution in [3.63, 3.8) is 0 Å². The summed E-state index contributed by atoms with van der Waals surface area (Å²) in [5.41, 5.74) is 1.67. The van der Waals surface area contributed by atoms with Crippen LogP contribution in [0.2, 0.25) is 5.02 Å². The molecule has 7 heteroatoms. The van der Waals surface area contributed by atoms with Crippen molar-refractivity contribution in [3.05, 3.63) is 60.0 Å². The fourth-order valence-electron chi connectivity index (χ4n) is 1.61. The molecular weight excluding hydrogens is 288 g/mol. The lowest BCUT2D eigenvalue weighted by molar-refractivity contribution is 1.02. The summed E-state index contributed by atoms with van der Waals surface area (Å²) < 4.78 is 0. The SMILES string of the molecule is Clc1ccc(-c2ccnc(N=Nc3ncccn3)n2)cc1. The molecule has 0 aliphatic carbocycles. The highest BCUT2D eigenvalue weighted by Gasteiger charge is 2.02. The van der Waals surface area contributed by atoms with E-state index in [1.807, 2.05) is 12.1 Å². The van der Waals surface area contributed by atoms with E-state index in [1.165, 1.54) is 0 Å². The van der Waals surface area contributed by atoms with Crippen molar-refractivity contribution < 1.29 is 0 Å². The maximum absolute atomic E-state index is 5.87. The molecule has 0 radical (unpaired) electrons. The van der Waals surface area contributed by atoms with E-state index in [0.717, 1.165) is 11.3 Å². The van der Waals surface area contributed by atoms with Crippen molar-refractivity contribution in [1.29, 1.82) is 0 Å². The van der Waals surface area contributed by atoms with Crippen LogP contribution in [-0.4, -0.2) is 19.9 Å². The number of azo groups is 1. The van der Waals surface area contributed by atoms with Crippen LogP contribution in [0.15, 0.2) is 65.2 Å². The molecule has 0 bridgehead atoms. The van der Waals surface area contributed by atoms with Gasteiger partial charge in [-0.05, 0) is 24.3 Å². The van der Waals surface area contributed by atoms with Crippen molar-refractivity contribution in [2.24, 2.45) is 10.2 Å². The molecule has 3 rings (SSSR count). The smallest absolute Gasteiger partial charge is 0.218 e. The average Bonchev–Trinajstić information content (AvgIpc) is 2.55. The summed E-state index contributed by atoms with van der Waals surface area (Å²) in [7, 11) is 0. The Morgan fingerprint density at radius 2 is 1.43 bits per heavy atom. The zero-order valence-electron chi connectivity index (χ0n) is 10.8. The minimum Gasteiger partial charge on any atom is -0.218 e. The van der Waals surface area contributed by atoms with Crippen LogP contribution in [0.25, 0.3) is 11.3 Å². The second-order valence-corrected chi connectivity index (χ2v) is 4.43. The van der Waals surface area contributed by atoms with Gasteiger partial charge in [-0.15, -0.1) is 10.2 Å². The lowest BCUT2D eigenvalue weighted by atomic mass is 10.1. The lowest BCUT2D eigenvalue weighted by Crippen LogP contribution is -1.86. The standard InChI is InChI=1S/C14H9ClN6/c15-11-4-2-10(3-5-11)12-6-9-18-14(19-12)21-20-13-16-7-1-8-17-13/h1-9H. The Morgan fingerprint density at radius 3 is 2.19 bits per heavy atom. The van der Waals surface area contributed by atoms with Gasteiger partial charge in [0.25, 0.3) is 11.9 Å².